The topological polar surface area (TPSA) is 81.9 Å². The molecule has 0 saturated heterocycles. The van der Waals surface area contributed by atoms with Gasteiger partial charge in [0.25, 0.3) is 11.7 Å². The van der Waals surface area contributed by atoms with Crippen LogP contribution in [0.2, 0.25) is 0 Å². The lowest BCUT2D eigenvalue weighted by Crippen LogP contribution is -2.26. The number of rotatable bonds is 4. The molecule has 2 aromatic rings. The number of benzene rings is 1. The van der Waals surface area contributed by atoms with Gasteiger partial charge in [-0.3, -0.25) is 4.79 Å². The first kappa shape index (κ1) is 11.6. The molecular weight excluding hydrogens is 246 g/mol. The highest BCUT2D eigenvalue weighted by Gasteiger charge is 2.25. The summed E-state index contributed by atoms with van der Waals surface area (Å²) in [6.07, 6.45) is 2.05. The van der Waals surface area contributed by atoms with E-state index in [1.807, 2.05) is 0 Å². The Morgan fingerprint density at radius 1 is 1.37 bits per heavy atom. The third-order valence-electron chi connectivity index (χ3n) is 2.83. The fourth-order valence-electron chi connectivity index (χ4n) is 1.61. The number of amides is 1. The third-order valence-corrected chi connectivity index (χ3v) is 2.83. The Labute approximate surface area is 109 Å². The van der Waals surface area contributed by atoms with Crippen LogP contribution in [0, 0.1) is 0 Å². The molecule has 0 bridgehead atoms. The molecule has 0 unspecified atom stereocenters. The zero-order valence-electron chi connectivity index (χ0n) is 10.4. The standard InChI is InChI=1S/C12H13N5O2/c1-19-10-6-4-9(5-7-10)17-15-11(14-16-17)12(18)13-8-2-3-8/h4-8H,2-3H2,1H3,(H,13,18). The van der Waals surface area contributed by atoms with Crippen LogP contribution in [0.4, 0.5) is 0 Å². The number of nitrogens with zero attached hydrogens (tertiary/aromatic N) is 4. The molecule has 1 aromatic heterocycles. The first-order valence-electron chi connectivity index (χ1n) is 6.01. The van der Waals surface area contributed by atoms with Crippen molar-refractivity contribution in [1.82, 2.24) is 25.5 Å². The summed E-state index contributed by atoms with van der Waals surface area (Å²) in [4.78, 5) is 13.1. The molecule has 1 heterocycles. The van der Waals surface area contributed by atoms with Crippen molar-refractivity contribution < 1.29 is 9.53 Å². The summed E-state index contributed by atoms with van der Waals surface area (Å²) in [5, 5.41) is 14.5. The van der Waals surface area contributed by atoms with Crippen molar-refractivity contribution in [3.05, 3.63) is 30.1 Å². The molecule has 1 aliphatic rings. The summed E-state index contributed by atoms with van der Waals surface area (Å²) < 4.78 is 5.07. The second-order valence-electron chi connectivity index (χ2n) is 4.35. The molecule has 0 spiro atoms. The molecule has 1 fully saturated rings. The zero-order chi connectivity index (χ0) is 13.2. The second kappa shape index (κ2) is 4.68. The Bertz CT molecular complexity index is 588. The van der Waals surface area contributed by atoms with Gasteiger partial charge in [-0.1, -0.05) is 0 Å². The van der Waals surface area contributed by atoms with Crippen molar-refractivity contribution in [3.8, 4) is 11.4 Å². The number of methoxy groups -OCH3 is 1. The maximum atomic E-state index is 11.7. The molecule has 7 heteroatoms. The summed E-state index contributed by atoms with van der Waals surface area (Å²) in [5.41, 5.74) is 0.721. The number of tetrazole rings is 1. The molecular formula is C12H13N5O2. The van der Waals surface area contributed by atoms with Crippen LogP contribution in [0.15, 0.2) is 24.3 Å². The van der Waals surface area contributed by atoms with Crippen molar-refractivity contribution in [1.29, 1.82) is 0 Å². The van der Waals surface area contributed by atoms with E-state index >= 15 is 0 Å². The highest BCUT2D eigenvalue weighted by Crippen LogP contribution is 2.19. The van der Waals surface area contributed by atoms with Gasteiger partial charge in [0, 0.05) is 6.04 Å². The van der Waals surface area contributed by atoms with Crippen LogP contribution in [0.25, 0.3) is 5.69 Å². The summed E-state index contributed by atoms with van der Waals surface area (Å²) in [6.45, 7) is 0. The van der Waals surface area contributed by atoms with E-state index in [1.165, 1.54) is 4.80 Å². The van der Waals surface area contributed by atoms with Gasteiger partial charge in [-0.2, -0.15) is 0 Å². The van der Waals surface area contributed by atoms with Crippen molar-refractivity contribution in [2.24, 2.45) is 0 Å². The second-order valence-corrected chi connectivity index (χ2v) is 4.35. The van der Waals surface area contributed by atoms with Crippen molar-refractivity contribution in [2.45, 2.75) is 18.9 Å². The van der Waals surface area contributed by atoms with Crippen molar-refractivity contribution >= 4 is 5.91 Å². The normalized spacial score (nSPS) is 14.2. The van der Waals surface area contributed by atoms with Crippen LogP contribution < -0.4 is 10.1 Å². The largest absolute Gasteiger partial charge is 0.497 e. The molecule has 0 radical (unpaired) electrons. The molecule has 1 amide bonds. The number of carbonyl (C=O) groups is 1. The number of ether oxygens (including phenoxy) is 1. The first-order valence-corrected chi connectivity index (χ1v) is 6.01. The smallest absolute Gasteiger partial charge is 0.293 e. The van der Waals surface area contributed by atoms with Gasteiger partial charge in [-0.25, -0.2) is 0 Å². The molecule has 1 aromatic carbocycles. The Morgan fingerprint density at radius 3 is 2.74 bits per heavy atom. The van der Waals surface area contributed by atoms with E-state index in [0.717, 1.165) is 24.3 Å². The average Bonchev–Trinajstić information content (AvgIpc) is 3.11. The maximum Gasteiger partial charge on any atom is 0.293 e. The zero-order valence-corrected chi connectivity index (χ0v) is 10.4. The minimum absolute atomic E-state index is 0.0859. The monoisotopic (exact) mass is 259 g/mol. The van der Waals surface area contributed by atoms with Crippen LogP contribution in [-0.4, -0.2) is 39.3 Å². The van der Waals surface area contributed by atoms with Crippen molar-refractivity contribution in [2.75, 3.05) is 7.11 Å². The molecule has 0 aliphatic heterocycles. The Hall–Kier alpha value is -2.44. The van der Waals surface area contributed by atoms with Gasteiger partial charge >= 0.3 is 0 Å². The van der Waals surface area contributed by atoms with E-state index in [9.17, 15) is 4.79 Å². The lowest BCUT2D eigenvalue weighted by atomic mass is 10.3. The minimum atomic E-state index is -0.276. The van der Waals surface area contributed by atoms with Gasteiger partial charge in [0.2, 0.25) is 0 Å². The lowest BCUT2D eigenvalue weighted by Gasteiger charge is -2.01. The van der Waals surface area contributed by atoms with Crippen molar-refractivity contribution in [3.63, 3.8) is 0 Å². The molecule has 3 rings (SSSR count). The summed E-state index contributed by atoms with van der Waals surface area (Å²) >= 11 is 0. The first-order chi connectivity index (χ1) is 9.26. The van der Waals surface area contributed by atoms with Gasteiger partial charge in [0.15, 0.2) is 0 Å². The third kappa shape index (κ3) is 2.54. The SMILES string of the molecule is COc1ccc(-n2nnc(C(=O)NC3CC3)n2)cc1. The van der Waals surface area contributed by atoms with Crippen LogP contribution in [-0.2, 0) is 0 Å². The molecule has 7 nitrogen and oxygen atoms in total. The molecule has 0 atom stereocenters. The molecule has 19 heavy (non-hydrogen) atoms. The highest BCUT2D eigenvalue weighted by molar-refractivity contribution is 5.90. The lowest BCUT2D eigenvalue weighted by molar-refractivity contribution is 0.0940. The maximum absolute atomic E-state index is 11.7. The Balaban J connectivity index is 1.77. The average molecular weight is 259 g/mol. The van der Waals surface area contributed by atoms with Gasteiger partial charge in [0.05, 0.1) is 12.8 Å². The number of nitrogens with one attached hydrogen (secondary N) is 1. The summed E-state index contributed by atoms with van der Waals surface area (Å²) in [7, 11) is 1.60. The van der Waals surface area contributed by atoms with Gasteiger partial charge < -0.3 is 10.1 Å². The fraction of sp³-hybridized carbons (Fsp3) is 0.333. The summed E-state index contributed by atoms with van der Waals surface area (Å²) in [5.74, 6) is 0.556. The molecule has 1 N–H and O–H groups in total. The van der Waals surface area contributed by atoms with E-state index in [0.29, 0.717) is 0 Å². The molecule has 1 aliphatic carbocycles. The van der Waals surface area contributed by atoms with E-state index in [-0.39, 0.29) is 17.8 Å². The van der Waals surface area contributed by atoms with Crippen LogP contribution >= 0.6 is 0 Å². The predicted octanol–water partition coefficient (Wildman–Crippen LogP) is 0.563. The highest BCUT2D eigenvalue weighted by atomic mass is 16.5. The number of aromatic nitrogens is 4. The van der Waals surface area contributed by atoms with Crippen LogP contribution in [0.1, 0.15) is 23.5 Å². The van der Waals surface area contributed by atoms with Gasteiger partial charge in [0.1, 0.15) is 5.75 Å². The molecule has 1 saturated carbocycles. The van der Waals surface area contributed by atoms with E-state index in [2.05, 4.69) is 20.7 Å². The van der Waals surface area contributed by atoms with E-state index < -0.39 is 0 Å². The predicted molar refractivity (Wildman–Crippen MR) is 66.2 cm³/mol. The van der Waals surface area contributed by atoms with E-state index in [4.69, 9.17) is 4.74 Å². The number of hydrogen-bond acceptors (Lipinski definition) is 5. The summed E-state index contributed by atoms with van der Waals surface area (Å²) in [6, 6.07) is 7.46. The van der Waals surface area contributed by atoms with E-state index in [1.54, 1.807) is 31.4 Å². The Morgan fingerprint density at radius 2 is 2.11 bits per heavy atom. The van der Waals surface area contributed by atoms with Gasteiger partial charge in [-0.05, 0) is 42.3 Å². The van der Waals surface area contributed by atoms with Crippen LogP contribution in [0.5, 0.6) is 5.75 Å². The van der Waals surface area contributed by atoms with Crippen LogP contribution in [0.3, 0.4) is 0 Å². The minimum Gasteiger partial charge on any atom is -0.497 e. The van der Waals surface area contributed by atoms with Gasteiger partial charge in [-0.15, -0.1) is 15.0 Å². The molecule has 98 valence electrons. The number of hydrogen-bond donors (Lipinski definition) is 1. The Kier molecular flexibility index (Phi) is 2.86. The quantitative estimate of drug-likeness (QED) is 0.867. The number of carbonyl (C=O) groups excluding carboxylic acids is 1. The fourth-order valence-corrected chi connectivity index (χ4v) is 1.61.